The van der Waals surface area contributed by atoms with Crippen LogP contribution in [0.4, 0.5) is 0 Å². The van der Waals surface area contributed by atoms with Gasteiger partial charge in [0.1, 0.15) is 0 Å². The number of benzene rings is 4. The fourth-order valence-electron chi connectivity index (χ4n) is 8.06. The Balaban J connectivity index is 1.41. The molecule has 0 heteroatoms. The first-order valence-corrected chi connectivity index (χ1v) is 17.4. The first-order chi connectivity index (χ1) is 21.6. The van der Waals surface area contributed by atoms with Gasteiger partial charge in [-0.2, -0.15) is 0 Å². The Morgan fingerprint density at radius 3 is 1.30 bits per heavy atom. The van der Waals surface area contributed by atoms with Gasteiger partial charge in [0.2, 0.25) is 0 Å². The molecule has 46 heavy (non-hydrogen) atoms. The molecule has 0 nitrogen and oxygen atoms in total. The highest BCUT2D eigenvalue weighted by atomic mass is 14.4. The van der Waals surface area contributed by atoms with E-state index in [9.17, 15) is 0 Å². The lowest BCUT2D eigenvalue weighted by Gasteiger charge is -2.35. The summed E-state index contributed by atoms with van der Waals surface area (Å²) in [5.41, 5.74) is 20.2. The van der Waals surface area contributed by atoms with E-state index in [1.165, 1.54) is 66.8 Å². The maximum absolute atomic E-state index is 2.57. The zero-order valence-corrected chi connectivity index (χ0v) is 30.3. The van der Waals surface area contributed by atoms with E-state index in [4.69, 9.17) is 0 Å². The van der Waals surface area contributed by atoms with Crippen LogP contribution in [0.15, 0.2) is 83.9 Å². The van der Waals surface area contributed by atoms with Crippen LogP contribution < -0.4 is 0 Å². The predicted molar refractivity (Wildman–Crippen MR) is 202 cm³/mol. The zero-order valence-electron chi connectivity index (χ0n) is 30.3. The summed E-state index contributed by atoms with van der Waals surface area (Å²) in [5, 5.41) is 0. The van der Waals surface area contributed by atoms with E-state index in [-0.39, 0.29) is 16.2 Å². The maximum atomic E-state index is 2.57. The molecule has 0 spiro atoms. The van der Waals surface area contributed by atoms with Crippen LogP contribution in [0.2, 0.25) is 0 Å². The summed E-state index contributed by atoms with van der Waals surface area (Å²) in [6.45, 7) is 25.7. The highest BCUT2D eigenvalue weighted by molar-refractivity contribution is 5.86. The van der Waals surface area contributed by atoms with Gasteiger partial charge in [0.15, 0.2) is 0 Å². The number of aryl methyl sites for hydroxylation is 2. The van der Waals surface area contributed by atoms with Gasteiger partial charge in [0, 0.05) is 5.41 Å². The topological polar surface area (TPSA) is 0 Å². The molecular weight excluding hydrogens is 553 g/mol. The van der Waals surface area contributed by atoms with Crippen LogP contribution in [0.25, 0.3) is 34.4 Å². The molecule has 0 unspecified atom stereocenters. The first-order valence-electron chi connectivity index (χ1n) is 17.4. The molecule has 0 heterocycles. The second-order valence-electron chi connectivity index (χ2n) is 16.9. The third kappa shape index (κ3) is 5.85. The lowest BCUT2D eigenvalue weighted by atomic mass is 9.69. The molecule has 0 aromatic heterocycles. The van der Waals surface area contributed by atoms with E-state index in [0.717, 1.165) is 19.3 Å². The summed E-state index contributed by atoms with van der Waals surface area (Å²) < 4.78 is 0. The molecule has 0 N–H and O–H groups in total. The van der Waals surface area contributed by atoms with Crippen LogP contribution in [0.5, 0.6) is 0 Å². The van der Waals surface area contributed by atoms with E-state index in [1.54, 1.807) is 11.1 Å². The molecule has 0 radical (unpaired) electrons. The fraction of sp³-hybridized carbons (Fsp3) is 0.391. The van der Waals surface area contributed by atoms with Gasteiger partial charge in [-0.25, -0.2) is 0 Å². The van der Waals surface area contributed by atoms with Gasteiger partial charge in [-0.3, -0.25) is 0 Å². The monoisotopic (exact) mass is 606 g/mol. The molecule has 0 aliphatic heterocycles. The Kier molecular flexibility index (Phi) is 8.11. The van der Waals surface area contributed by atoms with E-state index >= 15 is 0 Å². The molecule has 6 rings (SSSR count). The molecule has 0 fully saturated rings. The third-order valence-electron chi connectivity index (χ3n) is 10.8. The minimum Gasteiger partial charge on any atom is -0.0627 e. The second-order valence-corrected chi connectivity index (χ2v) is 16.9. The summed E-state index contributed by atoms with van der Waals surface area (Å²) in [7, 11) is 0. The molecule has 4 aromatic carbocycles. The van der Waals surface area contributed by atoms with Gasteiger partial charge in [0.05, 0.1) is 0 Å². The Morgan fingerprint density at radius 1 is 0.543 bits per heavy atom. The number of rotatable bonds is 6. The minimum absolute atomic E-state index is 0.00296. The standard InChI is InChI=1S/C46H54/c1-29(2)28-46(11,36-24-32-14-12-16-40(42(32)26-36)38-20-18-34(22-30(38)3)44(5,6)7)37-25-33-15-13-17-41(43(33)27-37)39-21-19-35(23-31(39)4)45(8,9)10/h12-23,26-27,29H,24-25,28H2,1-11H3. The Morgan fingerprint density at radius 2 is 0.957 bits per heavy atom. The molecule has 0 amide bonds. The van der Waals surface area contributed by atoms with Crippen molar-refractivity contribution in [3.8, 4) is 22.3 Å². The van der Waals surface area contributed by atoms with Crippen molar-refractivity contribution in [2.75, 3.05) is 0 Å². The minimum atomic E-state index is -0.00296. The van der Waals surface area contributed by atoms with Crippen LogP contribution in [0.1, 0.15) is 113 Å². The smallest absolute Gasteiger partial charge is 0.0108 e. The molecule has 0 saturated carbocycles. The van der Waals surface area contributed by atoms with E-state index in [0.29, 0.717) is 5.92 Å². The van der Waals surface area contributed by atoms with Crippen molar-refractivity contribution in [3.63, 3.8) is 0 Å². The molecule has 0 saturated heterocycles. The summed E-state index contributed by atoms with van der Waals surface area (Å²) in [4.78, 5) is 0. The van der Waals surface area contributed by atoms with Crippen molar-refractivity contribution in [1.29, 1.82) is 0 Å². The lowest BCUT2D eigenvalue weighted by Crippen LogP contribution is -2.25. The van der Waals surface area contributed by atoms with Crippen molar-refractivity contribution in [2.45, 2.75) is 106 Å². The van der Waals surface area contributed by atoms with Crippen molar-refractivity contribution in [1.82, 2.24) is 0 Å². The average Bonchev–Trinajstić information content (AvgIpc) is 3.61. The largest absolute Gasteiger partial charge is 0.0627 e. The highest BCUT2D eigenvalue weighted by Crippen LogP contribution is 2.52. The Hall–Kier alpha value is -3.64. The van der Waals surface area contributed by atoms with Gasteiger partial charge in [-0.1, -0.05) is 158 Å². The van der Waals surface area contributed by atoms with Crippen LogP contribution in [0, 0.1) is 25.2 Å². The maximum Gasteiger partial charge on any atom is 0.0108 e. The van der Waals surface area contributed by atoms with Gasteiger partial charge < -0.3 is 0 Å². The average molecular weight is 607 g/mol. The number of allylic oxidation sites excluding steroid dienone is 2. The van der Waals surface area contributed by atoms with Crippen molar-refractivity contribution >= 4 is 12.2 Å². The van der Waals surface area contributed by atoms with Gasteiger partial charge in [-0.15, -0.1) is 0 Å². The molecule has 0 bridgehead atoms. The van der Waals surface area contributed by atoms with Crippen molar-refractivity contribution in [3.05, 3.63) is 128 Å². The van der Waals surface area contributed by atoms with Crippen LogP contribution in [-0.2, 0) is 23.7 Å². The van der Waals surface area contributed by atoms with Crippen LogP contribution >= 0.6 is 0 Å². The van der Waals surface area contributed by atoms with Gasteiger partial charge >= 0.3 is 0 Å². The summed E-state index contributed by atoms with van der Waals surface area (Å²) in [5.74, 6) is 0.595. The van der Waals surface area contributed by atoms with Crippen LogP contribution in [-0.4, -0.2) is 0 Å². The van der Waals surface area contributed by atoms with Crippen molar-refractivity contribution in [2.24, 2.45) is 11.3 Å². The Bertz CT molecular complexity index is 1740. The molecule has 2 aliphatic rings. The van der Waals surface area contributed by atoms with Crippen LogP contribution in [0.3, 0.4) is 0 Å². The number of hydrogen-bond donors (Lipinski definition) is 0. The van der Waals surface area contributed by atoms with E-state index in [1.807, 2.05) is 0 Å². The van der Waals surface area contributed by atoms with E-state index < -0.39 is 0 Å². The quantitative estimate of drug-likeness (QED) is 0.205. The summed E-state index contributed by atoms with van der Waals surface area (Å²) >= 11 is 0. The highest BCUT2D eigenvalue weighted by Gasteiger charge is 2.38. The Labute approximate surface area is 279 Å². The first kappa shape index (κ1) is 32.3. The fourth-order valence-corrected chi connectivity index (χ4v) is 8.06. The molecule has 0 atom stereocenters. The zero-order chi connectivity index (χ0) is 33.2. The SMILES string of the molecule is Cc1cc(C(C)(C)C)ccc1-c1cccc2c1C=C(C(C)(CC(C)C)C1=Cc3c(cccc3-c3ccc(C(C)(C)C)cc3C)C1)C2. The molecule has 4 aromatic rings. The summed E-state index contributed by atoms with van der Waals surface area (Å²) in [6, 6.07) is 28.1. The molecular formula is C46H54. The normalized spacial score (nSPS) is 14.8. The predicted octanol–water partition coefficient (Wildman–Crippen LogP) is 12.9. The second kappa shape index (κ2) is 11.6. The summed E-state index contributed by atoms with van der Waals surface area (Å²) in [6.07, 6.45) is 8.35. The number of fused-ring (bicyclic) bond motifs is 2. The molecule has 238 valence electrons. The van der Waals surface area contributed by atoms with E-state index in [2.05, 4.69) is 161 Å². The third-order valence-corrected chi connectivity index (χ3v) is 10.8. The lowest BCUT2D eigenvalue weighted by molar-refractivity contribution is 0.363. The molecule has 2 aliphatic carbocycles. The van der Waals surface area contributed by atoms with Gasteiger partial charge in [-0.05, 0) is 117 Å². The number of hydrogen-bond acceptors (Lipinski definition) is 0. The van der Waals surface area contributed by atoms with Gasteiger partial charge in [0.25, 0.3) is 0 Å². The van der Waals surface area contributed by atoms with Crippen molar-refractivity contribution < 1.29 is 0 Å².